The van der Waals surface area contributed by atoms with Crippen molar-refractivity contribution in [3.05, 3.63) is 28.8 Å². The van der Waals surface area contributed by atoms with Crippen LogP contribution in [0.15, 0.2) is 18.2 Å². The summed E-state index contributed by atoms with van der Waals surface area (Å²) in [6.07, 6.45) is 2.90. The first kappa shape index (κ1) is 22.4. The number of halogens is 1. The van der Waals surface area contributed by atoms with Gasteiger partial charge in [0.15, 0.2) is 0 Å². The summed E-state index contributed by atoms with van der Waals surface area (Å²) in [5.41, 5.74) is -0.125. The Morgan fingerprint density at radius 1 is 1.27 bits per heavy atom. The number of methoxy groups -OCH3 is 1. The van der Waals surface area contributed by atoms with Gasteiger partial charge in [-0.1, -0.05) is 32.4 Å². The quantitative estimate of drug-likeness (QED) is 0.558. The number of esters is 1. The van der Waals surface area contributed by atoms with E-state index in [1.807, 2.05) is 0 Å². The number of urea groups is 1. The van der Waals surface area contributed by atoms with Gasteiger partial charge in [0.05, 0.1) is 7.11 Å². The summed E-state index contributed by atoms with van der Waals surface area (Å²) < 4.78 is 10.5. The zero-order chi connectivity index (χ0) is 22.1. The van der Waals surface area contributed by atoms with Crippen LogP contribution in [0.4, 0.5) is 4.79 Å². The molecule has 3 amide bonds. The van der Waals surface area contributed by atoms with Crippen LogP contribution in [0.25, 0.3) is 0 Å². The SMILES string of the molecule is COc1ccc(Cl)cc1COC(=O)CN1C(=O)NC2(CCC(C(C)(C)C)CC2)C1=O. The first-order valence-electron chi connectivity index (χ1n) is 10.2. The van der Waals surface area contributed by atoms with Crippen LogP contribution < -0.4 is 10.1 Å². The number of ether oxygens (including phenoxy) is 2. The summed E-state index contributed by atoms with van der Waals surface area (Å²) in [6, 6.07) is 4.46. The Kier molecular flexibility index (Phi) is 6.32. The summed E-state index contributed by atoms with van der Waals surface area (Å²) in [5, 5.41) is 3.33. The number of imide groups is 1. The van der Waals surface area contributed by atoms with Crippen LogP contribution in [0.5, 0.6) is 5.75 Å². The maximum Gasteiger partial charge on any atom is 0.326 e. The van der Waals surface area contributed by atoms with Crippen molar-refractivity contribution in [2.45, 2.75) is 58.6 Å². The van der Waals surface area contributed by atoms with Gasteiger partial charge in [-0.15, -0.1) is 0 Å². The third kappa shape index (κ3) is 4.56. The lowest BCUT2D eigenvalue weighted by atomic mass is 9.67. The van der Waals surface area contributed by atoms with E-state index in [1.165, 1.54) is 7.11 Å². The largest absolute Gasteiger partial charge is 0.496 e. The summed E-state index contributed by atoms with van der Waals surface area (Å²) in [6.45, 7) is 6.11. The summed E-state index contributed by atoms with van der Waals surface area (Å²) in [7, 11) is 1.51. The predicted octanol–water partition coefficient (Wildman–Crippen LogP) is 3.92. The minimum Gasteiger partial charge on any atom is -0.496 e. The second kappa shape index (κ2) is 8.46. The number of amides is 3. The van der Waals surface area contributed by atoms with Crippen molar-refractivity contribution in [2.24, 2.45) is 11.3 Å². The Bertz CT molecular complexity index is 840. The summed E-state index contributed by atoms with van der Waals surface area (Å²) >= 11 is 5.98. The highest BCUT2D eigenvalue weighted by Gasteiger charge is 2.53. The Labute approximate surface area is 182 Å². The molecule has 0 bridgehead atoms. The summed E-state index contributed by atoms with van der Waals surface area (Å²) in [4.78, 5) is 38.7. The van der Waals surface area contributed by atoms with Crippen LogP contribution in [0.3, 0.4) is 0 Å². The number of carbonyl (C=O) groups excluding carboxylic acids is 3. The first-order chi connectivity index (χ1) is 14.1. The average molecular weight is 437 g/mol. The van der Waals surface area contributed by atoms with E-state index in [2.05, 4.69) is 26.1 Å². The molecule has 0 aromatic heterocycles. The molecule has 0 atom stereocenters. The number of nitrogens with one attached hydrogen (secondary N) is 1. The molecule has 1 aliphatic carbocycles. The average Bonchev–Trinajstić information content (AvgIpc) is 2.90. The van der Waals surface area contributed by atoms with Crippen LogP contribution in [0.2, 0.25) is 5.02 Å². The highest BCUT2D eigenvalue weighted by molar-refractivity contribution is 6.30. The number of carbonyl (C=O) groups is 3. The Balaban J connectivity index is 1.60. The van der Waals surface area contributed by atoms with Gasteiger partial charge >= 0.3 is 12.0 Å². The van der Waals surface area contributed by atoms with E-state index < -0.39 is 24.1 Å². The fourth-order valence-corrected chi connectivity index (χ4v) is 4.52. The monoisotopic (exact) mass is 436 g/mol. The van der Waals surface area contributed by atoms with Gasteiger partial charge < -0.3 is 14.8 Å². The molecule has 0 radical (unpaired) electrons. The third-order valence-corrected chi connectivity index (χ3v) is 6.46. The molecule has 1 saturated carbocycles. The lowest BCUT2D eigenvalue weighted by molar-refractivity contribution is -0.149. The first-order valence-corrected chi connectivity index (χ1v) is 10.6. The Morgan fingerprint density at radius 3 is 2.53 bits per heavy atom. The molecule has 1 aliphatic heterocycles. The number of hydrogen-bond acceptors (Lipinski definition) is 5. The number of hydrogen-bond donors (Lipinski definition) is 1. The van der Waals surface area contributed by atoms with Crippen molar-refractivity contribution >= 4 is 29.5 Å². The molecule has 1 heterocycles. The molecular weight excluding hydrogens is 408 g/mol. The zero-order valence-corrected chi connectivity index (χ0v) is 18.7. The molecule has 2 aliphatic rings. The molecular formula is C22H29ClN2O5. The Hall–Kier alpha value is -2.28. The molecule has 164 valence electrons. The molecule has 3 rings (SSSR count). The van der Waals surface area contributed by atoms with Crippen LogP contribution in [0, 0.1) is 11.3 Å². The van der Waals surface area contributed by atoms with Gasteiger partial charge in [0, 0.05) is 10.6 Å². The molecule has 8 heteroatoms. The molecule has 7 nitrogen and oxygen atoms in total. The predicted molar refractivity (Wildman–Crippen MR) is 112 cm³/mol. The molecule has 1 aromatic carbocycles. The van der Waals surface area contributed by atoms with Gasteiger partial charge in [0.1, 0.15) is 24.4 Å². The van der Waals surface area contributed by atoms with Gasteiger partial charge in [-0.05, 0) is 55.2 Å². The van der Waals surface area contributed by atoms with Crippen molar-refractivity contribution in [3.63, 3.8) is 0 Å². The van der Waals surface area contributed by atoms with E-state index >= 15 is 0 Å². The van der Waals surface area contributed by atoms with E-state index in [0.717, 1.165) is 17.7 Å². The van der Waals surface area contributed by atoms with Gasteiger partial charge in [-0.25, -0.2) is 4.79 Å². The van der Waals surface area contributed by atoms with E-state index in [9.17, 15) is 14.4 Å². The van der Waals surface area contributed by atoms with E-state index in [1.54, 1.807) is 18.2 Å². The standard InChI is InChI=1S/C22H29ClN2O5/c1-21(2,3)15-7-9-22(10-8-15)19(27)25(20(28)24-22)12-18(26)30-13-14-11-16(23)5-6-17(14)29-4/h5-6,11,15H,7-10,12-13H2,1-4H3,(H,24,28). The molecule has 1 saturated heterocycles. The van der Waals surface area contributed by atoms with Crippen LogP contribution in [0.1, 0.15) is 52.0 Å². The second-order valence-corrected chi connectivity index (χ2v) is 9.60. The topological polar surface area (TPSA) is 84.9 Å². The molecule has 1 spiro atoms. The maximum atomic E-state index is 13.0. The lowest BCUT2D eigenvalue weighted by Gasteiger charge is -2.40. The normalized spacial score (nSPS) is 24.2. The van der Waals surface area contributed by atoms with Crippen molar-refractivity contribution in [1.82, 2.24) is 10.2 Å². The fourth-order valence-electron chi connectivity index (χ4n) is 4.33. The number of rotatable bonds is 5. The fraction of sp³-hybridized carbons (Fsp3) is 0.591. The number of benzene rings is 1. The van der Waals surface area contributed by atoms with E-state index in [0.29, 0.717) is 35.1 Å². The van der Waals surface area contributed by atoms with E-state index in [-0.39, 0.29) is 17.9 Å². The molecule has 2 fully saturated rings. The zero-order valence-electron chi connectivity index (χ0n) is 17.9. The maximum absolute atomic E-state index is 13.0. The number of nitrogens with zero attached hydrogens (tertiary/aromatic N) is 1. The van der Waals surface area contributed by atoms with Crippen LogP contribution in [-0.4, -0.2) is 42.0 Å². The van der Waals surface area contributed by atoms with E-state index in [4.69, 9.17) is 21.1 Å². The highest BCUT2D eigenvalue weighted by Crippen LogP contribution is 2.43. The molecule has 1 N–H and O–H groups in total. The minimum atomic E-state index is -0.894. The second-order valence-electron chi connectivity index (χ2n) is 9.16. The van der Waals surface area contributed by atoms with Gasteiger partial charge in [0.2, 0.25) is 0 Å². The molecule has 0 unspecified atom stereocenters. The third-order valence-electron chi connectivity index (χ3n) is 6.23. The van der Waals surface area contributed by atoms with Crippen molar-refractivity contribution in [1.29, 1.82) is 0 Å². The lowest BCUT2D eigenvalue weighted by Crippen LogP contribution is -2.50. The summed E-state index contributed by atoms with van der Waals surface area (Å²) in [5.74, 6) is 0.0365. The van der Waals surface area contributed by atoms with Crippen LogP contribution in [-0.2, 0) is 20.9 Å². The van der Waals surface area contributed by atoms with Crippen molar-refractivity contribution in [2.75, 3.05) is 13.7 Å². The molecule has 1 aromatic rings. The van der Waals surface area contributed by atoms with Crippen LogP contribution >= 0.6 is 11.6 Å². The van der Waals surface area contributed by atoms with Gasteiger partial charge in [0.25, 0.3) is 5.91 Å². The van der Waals surface area contributed by atoms with Crippen molar-refractivity contribution < 1.29 is 23.9 Å². The smallest absolute Gasteiger partial charge is 0.326 e. The molecule has 30 heavy (non-hydrogen) atoms. The van der Waals surface area contributed by atoms with Crippen molar-refractivity contribution in [3.8, 4) is 5.75 Å². The van der Waals surface area contributed by atoms with Gasteiger partial charge in [-0.3, -0.25) is 14.5 Å². The Morgan fingerprint density at radius 2 is 1.93 bits per heavy atom. The van der Waals surface area contributed by atoms with Gasteiger partial charge in [-0.2, -0.15) is 0 Å². The highest BCUT2D eigenvalue weighted by atomic mass is 35.5. The minimum absolute atomic E-state index is 0.0649.